The van der Waals surface area contributed by atoms with Crippen molar-refractivity contribution >= 4 is 0 Å². The first-order chi connectivity index (χ1) is 10.9. The molecule has 2 aliphatic carbocycles. The quantitative estimate of drug-likeness (QED) is 0.595. The number of hydrogen-bond donors (Lipinski definition) is 1. The molecule has 2 fully saturated rings. The van der Waals surface area contributed by atoms with Gasteiger partial charge in [-0.05, 0) is 72.0 Å². The molecule has 1 nitrogen and oxygen atoms in total. The topological polar surface area (TPSA) is 20.2 Å². The van der Waals surface area contributed by atoms with Gasteiger partial charge in [0.2, 0.25) is 0 Å². The van der Waals surface area contributed by atoms with Crippen molar-refractivity contribution < 1.29 is 5.11 Å². The Morgan fingerprint density at radius 2 is 1.67 bits per heavy atom. The van der Waals surface area contributed by atoms with E-state index in [9.17, 15) is 5.11 Å². The molecule has 0 aromatic heterocycles. The van der Waals surface area contributed by atoms with Gasteiger partial charge in [0.1, 0.15) is 0 Å². The van der Waals surface area contributed by atoms with Crippen LogP contribution in [-0.2, 0) is 0 Å². The molecule has 1 heteroatoms. The van der Waals surface area contributed by atoms with Crippen molar-refractivity contribution in [2.75, 3.05) is 0 Å². The van der Waals surface area contributed by atoms with E-state index in [4.69, 9.17) is 0 Å². The predicted octanol–water partition coefficient (Wildman–Crippen LogP) is 6.69. The van der Waals surface area contributed by atoms with Gasteiger partial charge in [0.05, 0.1) is 6.10 Å². The smallest absolute Gasteiger partial charge is 0.0601 e. The molecule has 0 bridgehead atoms. The molecular weight excluding hydrogens is 292 g/mol. The highest BCUT2D eigenvalue weighted by Crippen LogP contribution is 2.58. The molecular formula is C23H44O. The molecule has 2 rings (SSSR count). The first-order valence-corrected chi connectivity index (χ1v) is 10.6. The highest BCUT2D eigenvalue weighted by atomic mass is 16.3. The zero-order valence-electron chi connectivity index (χ0n) is 17.8. The third-order valence-corrected chi connectivity index (χ3v) is 8.03. The normalized spacial score (nSPS) is 47.6. The van der Waals surface area contributed by atoms with E-state index < -0.39 is 0 Å². The molecule has 0 radical (unpaired) electrons. The largest absolute Gasteiger partial charge is 0.393 e. The van der Waals surface area contributed by atoms with Crippen molar-refractivity contribution in [2.24, 2.45) is 39.9 Å². The number of hydrogen-bond acceptors (Lipinski definition) is 1. The van der Waals surface area contributed by atoms with E-state index >= 15 is 0 Å². The Hall–Kier alpha value is -0.0400. The fraction of sp³-hybridized carbons (Fsp3) is 1.00. The lowest BCUT2D eigenvalue weighted by Crippen LogP contribution is -2.51. The van der Waals surface area contributed by atoms with Gasteiger partial charge in [-0.2, -0.15) is 0 Å². The Bertz CT molecular complexity index is 422. The van der Waals surface area contributed by atoms with Crippen LogP contribution in [0.1, 0.15) is 100 Å². The number of aliphatic hydroxyl groups is 1. The van der Waals surface area contributed by atoms with Crippen LogP contribution in [0.25, 0.3) is 0 Å². The summed E-state index contributed by atoms with van der Waals surface area (Å²) in [5, 5.41) is 11.5. The van der Waals surface area contributed by atoms with E-state index in [2.05, 4.69) is 55.4 Å². The van der Waals surface area contributed by atoms with Crippen molar-refractivity contribution in [3.63, 3.8) is 0 Å². The van der Waals surface area contributed by atoms with Crippen LogP contribution in [0, 0.1) is 39.9 Å². The van der Waals surface area contributed by atoms with Crippen molar-refractivity contribution in [3.8, 4) is 0 Å². The maximum atomic E-state index is 11.5. The van der Waals surface area contributed by atoms with Crippen LogP contribution in [0.5, 0.6) is 0 Å². The number of rotatable bonds is 2. The highest BCUT2D eigenvalue weighted by molar-refractivity contribution is 5.02. The summed E-state index contributed by atoms with van der Waals surface area (Å²) in [5.41, 5.74) is 0.682. The molecule has 0 aliphatic heterocycles. The van der Waals surface area contributed by atoms with Gasteiger partial charge in [-0.15, -0.1) is 0 Å². The Labute approximate surface area is 152 Å². The highest BCUT2D eigenvalue weighted by Gasteiger charge is 2.52. The average molecular weight is 337 g/mol. The summed E-state index contributed by atoms with van der Waals surface area (Å²) >= 11 is 0. The minimum Gasteiger partial charge on any atom is -0.393 e. The molecule has 1 N–H and O–H groups in total. The predicted molar refractivity (Wildman–Crippen MR) is 105 cm³/mol. The SMILES string of the molecule is CCC12CC(C)CCC1C(C)CC(C)C(C)(CC(C)(C)C)[C@H](O)C2. The van der Waals surface area contributed by atoms with E-state index in [1.807, 2.05) is 0 Å². The maximum absolute atomic E-state index is 11.5. The molecule has 0 aromatic carbocycles. The fourth-order valence-electron chi connectivity index (χ4n) is 6.76. The molecule has 0 spiro atoms. The summed E-state index contributed by atoms with van der Waals surface area (Å²) < 4.78 is 0. The maximum Gasteiger partial charge on any atom is 0.0601 e. The lowest BCUT2D eigenvalue weighted by atomic mass is 9.50. The van der Waals surface area contributed by atoms with Crippen molar-refractivity contribution in [1.82, 2.24) is 0 Å². The lowest BCUT2D eigenvalue weighted by Gasteiger charge is -2.56. The Balaban J connectivity index is 2.38. The molecule has 24 heavy (non-hydrogen) atoms. The van der Waals surface area contributed by atoms with E-state index in [1.54, 1.807) is 0 Å². The second-order valence-electron chi connectivity index (χ2n) is 11.3. The summed E-state index contributed by atoms with van der Waals surface area (Å²) in [6.07, 6.45) is 8.61. The Kier molecular flexibility index (Phi) is 5.86. The standard InChI is InChI=1S/C23H44O/c1-9-23-13-16(2)10-11-19(23)17(3)12-18(4)22(8,20(24)14-23)15-21(5,6)7/h16-20,24H,9-15H2,1-8H3/t16?,17?,18?,19?,20-,22?,23?/m1/s1. The zero-order valence-corrected chi connectivity index (χ0v) is 17.8. The zero-order chi connectivity index (χ0) is 18.3. The summed E-state index contributed by atoms with van der Waals surface area (Å²) in [4.78, 5) is 0. The molecule has 0 heterocycles. The lowest BCUT2D eigenvalue weighted by molar-refractivity contribution is -0.115. The second-order valence-corrected chi connectivity index (χ2v) is 11.3. The van der Waals surface area contributed by atoms with Gasteiger partial charge in [-0.3, -0.25) is 0 Å². The number of fused-ring (bicyclic) bond motifs is 1. The molecule has 6 unspecified atom stereocenters. The minimum atomic E-state index is -0.160. The van der Waals surface area contributed by atoms with Gasteiger partial charge in [-0.25, -0.2) is 0 Å². The summed E-state index contributed by atoms with van der Waals surface area (Å²) in [7, 11) is 0. The first kappa shape index (κ1) is 20.3. The van der Waals surface area contributed by atoms with Gasteiger partial charge in [0.25, 0.3) is 0 Å². The average Bonchev–Trinajstić information content (AvgIpc) is 2.44. The number of aliphatic hydroxyl groups excluding tert-OH is 1. The molecule has 0 aromatic rings. The van der Waals surface area contributed by atoms with Crippen LogP contribution in [0.4, 0.5) is 0 Å². The van der Waals surface area contributed by atoms with Crippen LogP contribution in [-0.4, -0.2) is 11.2 Å². The fourth-order valence-corrected chi connectivity index (χ4v) is 6.76. The minimum absolute atomic E-state index is 0.0420. The van der Waals surface area contributed by atoms with Crippen LogP contribution in [0.3, 0.4) is 0 Å². The Morgan fingerprint density at radius 1 is 1.04 bits per heavy atom. The molecule has 7 atom stereocenters. The van der Waals surface area contributed by atoms with Gasteiger partial charge in [0.15, 0.2) is 0 Å². The van der Waals surface area contributed by atoms with Crippen LogP contribution in [0.2, 0.25) is 0 Å². The third-order valence-electron chi connectivity index (χ3n) is 8.03. The molecule has 0 saturated heterocycles. The van der Waals surface area contributed by atoms with Crippen molar-refractivity contribution in [3.05, 3.63) is 0 Å². The van der Waals surface area contributed by atoms with Gasteiger partial charge < -0.3 is 5.11 Å². The molecule has 0 amide bonds. The van der Waals surface area contributed by atoms with E-state index in [0.29, 0.717) is 11.3 Å². The second kappa shape index (κ2) is 6.93. The molecule has 2 saturated carbocycles. The van der Waals surface area contributed by atoms with Gasteiger partial charge >= 0.3 is 0 Å². The van der Waals surface area contributed by atoms with Crippen LogP contribution >= 0.6 is 0 Å². The van der Waals surface area contributed by atoms with Gasteiger partial charge in [-0.1, -0.05) is 68.2 Å². The van der Waals surface area contributed by atoms with E-state index in [-0.39, 0.29) is 16.9 Å². The molecule has 142 valence electrons. The van der Waals surface area contributed by atoms with Crippen LogP contribution in [0.15, 0.2) is 0 Å². The Morgan fingerprint density at radius 3 is 2.21 bits per heavy atom. The van der Waals surface area contributed by atoms with Crippen molar-refractivity contribution in [2.45, 2.75) is 106 Å². The van der Waals surface area contributed by atoms with E-state index in [0.717, 1.165) is 30.6 Å². The van der Waals surface area contributed by atoms with Gasteiger partial charge in [0, 0.05) is 0 Å². The van der Waals surface area contributed by atoms with E-state index in [1.165, 1.54) is 32.1 Å². The molecule has 2 aliphatic rings. The third kappa shape index (κ3) is 3.87. The summed E-state index contributed by atoms with van der Waals surface area (Å²) in [6.45, 7) is 19.1. The van der Waals surface area contributed by atoms with Crippen molar-refractivity contribution in [1.29, 1.82) is 0 Å². The monoisotopic (exact) mass is 336 g/mol. The summed E-state index contributed by atoms with van der Waals surface area (Å²) in [5.74, 6) is 3.02. The first-order valence-electron chi connectivity index (χ1n) is 10.6. The summed E-state index contributed by atoms with van der Waals surface area (Å²) in [6, 6.07) is 0. The van der Waals surface area contributed by atoms with Crippen LogP contribution < -0.4 is 0 Å².